The van der Waals surface area contributed by atoms with Gasteiger partial charge in [-0.2, -0.15) is 0 Å². The lowest BCUT2D eigenvalue weighted by molar-refractivity contribution is -0.117. The molecule has 1 aromatic heterocycles. The van der Waals surface area contributed by atoms with Gasteiger partial charge < -0.3 is 15.1 Å². The second-order valence-corrected chi connectivity index (χ2v) is 8.37. The summed E-state index contributed by atoms with van der Waals surface area (Å²) >= 11 is 0. The maximum absolute atomic E-state index is 12.5. The summed E-state index contributed by atoms with van der Waals surface area (Å²) in [5.74, 6) is -0.419. The van der Waals surface area contributed by atoms with Crippen molar-refractivity contribution >= 4 is 33.3 Å². The number of nitrogens with zero attached hydrogens (tertiary/aromatic N) is 4. The third kappa shape index (κ3) is 5.27. The van der Waals surface area contributed by atoms with Crippen LogP contribution in [0.1, 0.15) is 17.4 Å². The highest BCUT2D eigenvalue weighted by atomic mass is 32.2. The SMILES string of the molecule is CC(=O)NS(=O)(=O)c1ccc(NC(=O)c2cc(N3CCN(C)CC3)ncn2)cc1. The Bertz CT molecular complexity index is 1000. The number of nitrogens with one attached hydrogen (secondary N) is 2. The standard InChI is InChI=1S/C18H22N6O4S/c1-13(25)22-29(27,28)15-5-3-14(4-6-15)21-18(26)16-11-17(20-12-19-16)24-9-7-23(2)8-10-24/h3-6,11-12H,7-10H2,1-2H3,(H,21,26)(H,22,25). The molecule has 29 heavy (non-hydrogen) atoms. The molecule has 1 saturated heterocycles. The zero-order valence-electron chi connectivity index (χ0n) is 16.1. The summed E-state index contributed by atoms with van der Waals surface area (Å²) in [6.45, 7) is 4.58. The minimum Gasteiger partial charge on any atom is -0.354 e. The van der Waals surface area contributed by atoms with Gasteiger partial charge in [-0.1, -0.05) is 0 Å². The average Bonchev–Trinajstić information content (AvgIpc) is 2.68. The smallest absolute Gasteiger partial charge is 0.274 e. The Hall–Kier alpha value is -3.05. The first-order valence-corrected chi connectivity index (χ1v) is 10.4. The van der Waals surface area contributed by atoms with E-state index in [1.165, 1.54) is 30.6 Å². The van der Waals surface area contributed by atoms with Gasteiger partial charge in [0, 0.05) is 44.9 Å². The number of amides is 2. The van der Waals surface area contributed by atoms with Crippen molar-refractivity contribution in [2.45, 2.75) is 11.8 Å². The number of carbonyl (C=O) groups excluding carboxylic acids is 2. The van der Waals surface area contributed by atoms with Crippen LogP contribution in [-0.2, 0) is 14.8 Å². The van der Waals surface area contributed by atoms with Crippen LogP contribution in [0.2, 0.25) is 0 Å². The van der Waals surface area contributed by atoms with Crippen molar-refractivity contribution in [2.75, 3.05) is 43.4 Å². The van der Waals surface area contributed by atoms with Crippen molar-refractivity contribution in [3.63, 3.8) is 0 Å². The van der Waals surface area contributed by atoms with Crippen molar-refractivity contribution in [3.8, 4) is 0 Å². The van der Waals surface area contributed by atoms with Crippen molar-refractivity contribution < 1.29 is 18.0 Å². The normalized spacial score (nSPS) is 15.0. The first kappa shape index (κ1) is 20.7. The Morgan fingerprint density at radius 3 is 2.31 bits per heavy atom. The molecule has 1 fully saturated rings. The largest absolute Gasteiger partial charge is 0.354 e. The molecule has 0 atom stereocenters. The summed E-state index contributed by atoms with van der Waals surface area (Å²) in [6.07, 6.45) is 1.35. The van der Waals surface area contributed by atoms with E-state index in [1.54, 1.807) is 6.07 Å². The van der Waals surface area contributed by atoms with Gasteiger partial charge in [-0.15, -0.1) is 0 Å². The second kappa shape index (κ2) is 8.53. The first-order chi connectivity index (χ1) is 13.7. The van der Waals surface area contributed by atoms with E-state index in [0.717, 1.165) is 33.1 Å². The van der Waals surface area contributed by atoms with Crippen LogP contribution in [0, 0.1) is 0 Å². The van der Waals surface area contributed by atoms with E-state index in [2.05, 4.69) is 32.1 Å². The lowest BCUT2D eigenvalue weighted by atomic mass is 10.2. The Balaban J connectivity index is 1.69. The highest BCUT2D eigenvalue weighted by Crippen LogP contribution is 2.17. The van der Waals surface area contributed by atoms with E-state index in [9.17, 15) is 18.0 Å². The predicted molar refractivity (Wildman–Crippen MR) is 107 cm³/mol. The van der Waals surface area contributed by atoms with Crippen LogP contribution in [0.5, 0.6) is 0 Å². The van der Waals surface area contributed by atoms with Gasteiger partial charge in [-0.05, 0) is 31.3 Å². The maximum atomic E-state index is 12.5. The van der Waals surface area contributed by atoms with Gasteiger partial charge in [0.05, 0.1) is 4.90 Å². The van der Waals surface area contributed by atoms with Crippen LogP contribution in [0.25, 0.3) is 0 Å². The summed E-state index contributed by atoms with van der Waals surface area (Å²) in [4.78, 5) is 36.0. The molecule has 2 N–H and O–H groups in total. The molecule has 0 unspecified atom stereocenters. The van der Waals surface area contributed by atoms with Crippen LogP contribution in [0.15, 0.2) is 41.6 Å². The Morgan fingerprint density at radius 1 is 1.03 bits per heavy atom. The van der Waals surface area contributed by atoms with Crippen molar-refractivity contribution in [2.24, 2.45) is 0 Å². The second-order valence-electron chi connectivity index (χ2n) is 6.69. The molecular weight excluding hydrogens is 396 g/mol. The number of rotatable bonds is 5. The van der Waals surface area contributed by atoms with E-state index >= 15 is 0 Å². The fraction of sp³-hybridized carbons (Fsp3) is 0.333. The molecule has 2 amide bonds. The van der Waals surface area contributed by atoms with E-state index in [-0.39, 0.29) is 10.6 Å². The fourth-order valence-electron chi connectivity index (χ4n) is 2.84. The van der Waals surface area contributed by atoms with Crippen LogP contribution < -0.4 is 14.9 Å². The summed E-state index contributed by atoms with van der Waals surface area (Å²) < 4.78 is 25.8. The van der Waals surface area contributed by atoms with Crippen molar-refractivity contribution in [3.05, 3.63) is 42.4 Å². The minimum absolute atomic E-state index is 0.0786. The van der Waals surface area contributed by atoms with Gasteiger partial charge in [0.15, 0.2) is 0 Å². The third-order valence-electron chi connectivity index (χ3n) is 4.41. The third-order valence-corrected chi connectivity index (χ3v) is 5.86. The highest BCUT2D eigenvalue weighted by molar-refractivity contribution is 7.90. The number of likely N-dealkylation sites (N-methyl/N-ethyl adjacent to an activating group) is 1. The molecule has 0 radical (unpaired) electrons. The molecule has 2 aromatic rings. The van der Waals surface area contributed by atoms with E-state index in [0.29, 0.717) is 11.5 Å². The number of piperazine rings is 1. The summed E-state index contributed by atoms with van der Waals surface area (Å²) in [7, 11) is -1.86. The minimum atomic E-state index is -3.92. The van der Waals surface area contributed by atoms with Crippen LogP contribution in [-0.4, -0.2) is 68.3 Å². The molecule has 0 saturated carbocycles. The van der Waals surface area contributed by atoms with Gasteiger partial charge in [-0.25, -0.2) is 23.1 Å². The number of carbonyl (C=O) groups is 2. The monoisotopic (exact) mass is 418 g/mol. The molecule has 2 heterocycles. The Morgan fingerprint density at radius 2 is 1.69 bits per heavy atom. The number of sulfonamides is 1. The maximum Gasteiger partial charge on any atom is 0.274 e. The van der Waals surface area contributed by atoms with Crippen LogP contribution in [0.4, 0.5) is 11.5 Å². The van der Waals surface area contributed by atoms with Crippen LogP contribution in [0.3, 0.4) is 0 Å². The zero-order chi connectivity index (χ0) is 21.0. The van der Waals surface area contributed by atoms with Gasteiger partial charge in [-0.3, -0.25) is 9.59 Å². The van der Waals surface area contributed by atoms with E-state index in [1.807, 2.05) is 4.72 Å². The Kier molecular flexibility index (Phi) is 6.09. The van der Waals surface area contributed by atoms with E-state index in [4.69, 9.17) is 0 Å². The average molecular weight is 418 g/mol. The van der Waals surface area contributed by atoms with Gasteiger partial charge in [0.25, 0.3) is 15.9 Å². The molecule has 0 aliphatic carbocycles. The number of aromatic nitrogens is 2. The molecular formula is C18H22N6O4S. The molecule has 1 aliphatic heterocycles. The Labute approximate surface area is 169 Å². The number of anilines is 2. The molecule has 10 nitrogen and oxygen atoms in total. The topological polar surface area (TPSA) is 125 Å². The van der Waals surface area contributed by atoms with Crippen LogP contribution >= 0.6 is 0 Å². The fourth-order valence-corrected chi connectivity index (χ4v) is 3.83. The molecule has 1 aliphatic rings. The predicted octanol–water partition coefficient (Wildman–Crippen LogP) is 0.306. The van der Waals surface area contributed by atoms with Crippen molar-refractivity contribution in [1.29, 1.82) is 0 Å². The zero-order valence-corrected chi connectivity index (χ0v) is 16.9. The van der Waals surface area contributed by atoms with Crippen molar-refractivity contribution in [1.82, 2.24) is 19.6 Å². The molecule has 3 rings (SSSR count). The van der Waals surface area contributed by atoms with Gasteiger partial charge >= 0.3 is 0 Å². The molecule has 0 bridgehead atoms. The van der Waals surface area contributed by atoms with Gasteiger partial charge in [0.1, 0.15) is 17.8 Å². The molecule has 0 spiro atoms. The summed E-state index contributed by atoms with van der Waals surface area (Å²) in [6, 6.07) is 7.12. The molecule has 11 heteroatoms. The lowest BCUT2D eigenvalue weighted by Crippen LogP contribution is -2.44. The quantitative estimate of drug-likeness (QED) is 0.711. The number of benzene rings is 1. The highest BCUT2D eigenvalue weighted by Gasteiger charge is 2.18. The van der Waals surface area contributed by atoms with E-state index < -0.39 is 21.8 Å². The molecule has 154 valence electrons. The van der Waals surface area contributed by atoms with Gasteiger partial charge in [0.2, 0.25) is 5.91 Å². The molecule has 1 aromatic carbocycles. The summed E-state index contributed by atoms with van der Waals surface area (Å²) in [5, 5.41) is 2.68. The number of hydrogen-bond donors (Lipinski definition) is 2. The number of hydrogen-bond acceptors (Lipinski definition) is 8. The first-order valence-electron chi connectivity index (χ1n) is 8.95. The summed E-state index contributed by atoms with van der Waals surface area (Å²) in [5.41, 5.74) is 0.611. The lowest BCUT2D eigenvalue weighted by Gasteiger charge is -2.33.